The smallest absolute Gasteiger partial charge is 1.00 e. The summed E-state index contributed by atoms with van der Waals surface area (Å²) in [5.74, 6) is 0.0798. The van der Waals surface area contributed by atoms with Crippen LogP contribution < -0.4 is 22.6 Å². The Morgan fingerprint density at radius 1 is 0.694 bits per heavy atom. The quantitative estimate of drug-likeness (QED) is 0.545. The van der Waals surface area contributed by atoms with Crippen LogP contribution in [0.2, 0.25) is 0 Å². The van der Waals surface area contributed by atoms with Crippen molar-refractivity contribution in [2.24, 2.45) is 9.98 Å². The molecule has 0 bridgehead atoms. The van der Waals surface area contributed by atoms with Gasteiger partial charge in [0.1, 0.15) is 0 Å². The average molecular weight is 555 g/mol. The summed E-state index contributed by atoms with van der Waals surface area (Å²) in [5.41, 5.74) is 5.02. The van der Waals surface area contributed by atoms with Crippen LogP contribution in [0.4, 0.5) is 0 Å². The molecular formula is C30H40ClCoN2O2. The molecule has 0 spiro atoms. The molecule has 1 aliphatic rings. The molecule has 1 aliphatic carbocycles. The maximum atomic E-state index is 12.7. The molecule has 0 radical (unpaired) electrons. The number of hydrogen-bond acceptors (Lipinski definition) is 4. The van der Waals surface area contributed by atoms with Gasteiger partial charge in [-0.15, -0.1) is 0 Å². The van der Waals surface area contributed by atoms with Gasteiger partial charge >= 0.3 is 16.8 Å². The molecule has 2 aromatic rings. The number of aryl methyl sites for hydroxylation is 2. The summed E-state index contributed by atoms with van der Waals surface area (Å²) in [5, 5.41) is 25.5. The van der Waals surface area contributed by atoms with Crippen LogP contribution in [0.5, 0.6) is 11.5 Å². The molecule has 0 saturated heterocycles. The van der Waals surface area contributed by atoms with Gasteiger partial charge in [0.15, 0.2) is 0 Å². The Morgan fingerprint density at radius 2 is 1.03 bits per heavy atom. The number of halogens is 1. The molecular weight excluding hydrogens is 515 g/mol. The molecule has 2 atom stereocenters. The summed E-state index contributed by atoms with van der Waals surface area (Å²) < 4.78 is 0. The minimum Gasteiger partial charge on any atom is -1.00 e. The molecule has 36 heavy (non-hydrogen) atoms. The van der Waals surface area contributed by atoms with E-state index in [0.29, 0.717) is 11.1 Å². The number of rotatable bonds is 4. The SMILES string of the molecule is Cc1cc(C(C)(C)C)cc(C=N[C@@H]2CCCC[C@H]2N=Cc2cc(C(C)(C)C)cc(C)c2[O-])c1[O-].[Cl-].[Co+3]. The Balaban J connectivity index is 0.00000324. The fourth-order valence-electron chi connectivity index (χ4n) is 4.45. The Bertz CT molecular complexity index is 1010. The number of hydrogen-bond donors (Lipinski definition) is 0. The van der Waals surface area contributed by atoms with Gasteiger partial charge in [0.2, 0.25) is 0 Å². The molecule has 3 rings (SSSR count). The van der Waals surface area contributed by atoms with Gasteiger partial charge in [-0.05, 0) is 59.8 Å². The number of nitrogens with zero attached hydrogens (tertiary/aromatic N) is 2. The van der Waals surface area contributed by atoms with Crippen molar-refractivity contribution in [3.05, 3.63) is 57.6 Å². The van der Waals surface area contributed by atoms with Crippen LogP contribution in [0.3, 0.4) is 0 Å². The van der Waals surface area contributed by atoms with Gasteiger partial charge in [0.05, 0.1) is 12.1 Å². The van der Waals surface area contributed by atoms with Crippen LogP contribution in [0.25, 0.3) is 0 Å². The molecule has 198 valence electrons. The van der Waals surface area contributed by atoms with Crippen LogP contribution in [-0.2, 0) is 27.6 Å². The Morgan fingerprint density at radius 3 is 1.33 bits per heavy atom. The number of aliphatic imine (C=N–C) groups is 2. The average Bonchev–Trinajstić information content (AvgIpc) is 2.74. The molecule has 6 heteroatoms. The third-order valence-corrected chi connectivity index (χ3v) is 6.84. The first-order valence-corrected chi connectivity index (χ1v) is 12.5. The zero-order valence-corrected chi connectivity index (χ0v) is 24.7. The first-order chi connectivity index (χ1) is 15.8. The Kier molecular flexibility index (Phi) is 11.3. The Hall–Kier alpha value is -1.82. The second kappa shape index (κ2) is 12.6. The normalized spacial score (nSPS) is 18.8. The van der Waals surface area contributed by atoms with E-state index in [1.165, 1.54) is 0 Å². The Labute approximate surface area is 234 Å². The number of benzene rings is 2. The third-order valence-electron chi connectivity index (χ3n) is 6.84. The van der Waals surface area contributed by atoms with Gasteiger partial charge in [0, 0.05) is 12.4 Å². The molecule has 0 unspecified atom stereocenters. The second-order valence-corrected chi connectivity index (χ2v) is 11.9. The standard InChI is InChI=1S/C30H42N2O2.ClH.Co/c1-19-13-23(29(3,4)5)15-21(27(19)33)17-31-25-11-9-10-12-26(25)32-18-22-16-24(30(6,7)8)14-20(2)28(22)34;;/h13-18,25-26,33-34H,9-12H2,1-8H3;1H;/q;;+3/p-3/t25-,26-;;/m1../s1. The van der Waals surface area contributed by atoms with Crippen molar-refractivity contribution in [2.75, 3.05) is 0 Å². The summed E-state index contributed by atoms with van der Waals surface area (Å²) in [6.07, 6.45) is 7.60. The summed E-state index contributed by atoms with van der Waals surface area (Å²) in [6, 6.07) is 7.97. The van der Waals surface area contributed by atoms with Crippen LogP contribution in [0, 0.1) is 13.8 Å². The predicted octanol–water partition coefficient (Wildman–Crippen LogP) is 2.90. The minimum absolute atomic E-state index is 0. The monoisotopic (exact) mass is 554 g/mol. The van der Waals surface area contributed by atoms with E-state index in [2.05, 4.69) is 41.5 Å². The maximum Gasteiger partial charge on any atom is 3.00 e. The second-order valence-electron chi connectivity index (χ2n) is 11.9. The molecule has 0 amide bonds. The van der Waals surface area contributed by atoms with E-state index in [1.807, 2.05) is 38.1 Å². The van der Waals surface area contributed by atoms with Crippen molar-refractivity contribution in [3.63, 3.8) is 0 Å². The molecule has 1 fully saturated rings. The van der Waals surface area contributed by atoms with Gasteiger partial charge in [-0.25, -0.2) is 0 Å². The molecule has 0 aromatic heterocycles. The van der Waals surface area contributed by atoms with E-state index < -0.39 is 0 Å². The summed E-state index contributed by atoms with van der Waals surface area (Å²) >= 11 is 0. The van der Waals surface area contributed by atoms with E-state index in [1.54, 1.807) is 12.4 Å². The van der Waals surface area contributed by atoms with Gasteiger partial charge in [-0.3, -0.25) is 9.98 Å². The van der Waals surface area contributed by atoms with E-state index in [4.69, 9.17) is 9.98 Å². The van der Waals surface area contributed by atoms with Gasteiger partial charge < -0.3 is 22.6 Å². The molecule has 0 heterocycles. The first-order valence-electron chi connectivity index (χ1n) is 12.5. The zero-order chi connectivity index (χ0) is 25.3. The first kappa shape index (κ1) is 32.2. The molecule has 2 aromatic carbocycles. The van der Waals surface area contributed by atoms with Gasteiger partial charge in [0.25, 0.3) is 0 Å². The van der Waals surface area contributed by atoms with Gasteiger partial charge in [-0.2, -0.15) is 0 Å². The van der Waals surface area contributed by atoms with Crippen LogP contribution in [-0.4, -0.2) is 24.5 Å². The maximum absolute atomic E-state index is 12.7. The van der Waals surface area contributed by atoms with Gasteiger partial charge in [-0.1, -0.05) is 101 Å². The summed E-state index contributed by atoms with van der Waals surface area (Å²) in [4.78, 5) is 9.70. The fraction of sp³-hybridized carbons (Fsp3) is 0.533. The van der Waals surface area contributed by atoms with Crippen molar-refractivity contribution in [2.45, 2.75) is 104 Å². The van der Waals surface area contributed by atoms with E-state index in [0.717, 1.165) is 47.9 Å². The van der Waals surface area contributed by atoms with E-state index in [-0.39, 0.29) is 63.6 Å². The molecule has 0 aliphatic heterocycles. The molecule has 1 saturated carbocycles. The molecule has 4 nitrogen and oxygen atoms in total. The topological polar surface area (TPSA) is 70.8 Å². The van der Waals surface area contributed by atoms with Crippen LogP contribution in [0.1, 0.15) is 101 Å². The summed E-state index contributed by atoms with van der Waals surface area (Å²) in [6.45, 7) is 16.7. The van der Waals surface area contributed by atoms with Crippen LogP contribution >= 0.6 is 0 Å². The zero-order valence-electron chi connectivity index (χ0n) is 22.9. The van der Waals surface area contributed by atoms with Crippen molar-refractivity contribution >= 4 is 12.4 Å². The van der Waals surface area contributed by atoms with Crippen molar-refractivity contribution in [1.29, 1.82) is 0 Å². The van der Waals surface area contributed by atoms with E-state index >= 15 is 0 Å². The third kappa shape index (κ3) is 7.84. The molecule has 0 N–H and O–H groups in total. The predicted molar refractivity (Wildman–Crippen MR) is 140 cm³/mol. The van der Waals surface area contributed by atoms with E-state index in [9.17, 15) is 10.2 Å². The summed E-state index contributed by atoms with van der Waals surface area (Å²) in [7, 11) is 0. The van der Waals surface area contributed by atoms with Crippen molar-refractivity contribution < 1.29 is 39.4 Å². The minimum atomic E-state index is -0.0333. The largest absolute Gasteiger partial charge is 3.00 e. The van der Waals surface area contributed by atoms with Crippen molar-refractivity contribution in [1.82, 2.24) is 0 Å². The fourth-order valence-corrected chi connectivity index (χ4v) is 4.45. The van der Waals surface area contributed by atoms with Crippen LogP contribution in [0.15, 0.2) is 34.3 Å². The van der Waals surface area contributed by atoms with Crippen molar-refractivity contribution in [3.8, 4) is 11.5 Å².